The molecule has 0 spiro atoms. The number of halogens is 1. The van der Waals surface area contributed by atoms with E-state index in [0.29, 0.717) is 16.7 Å². The SMILES string of the molecule is CN(C)c1ncnc2ccc(S(=O)(=O)Cl)cc12. The second kappa shape index (κ2) is 4.12. The van der Waals surface area contributed by atoms with Crippen LogP contribution in [-0.4, -0.2) is 32.5 Å². The second-order valence-electron chi connectivity index (χ2n) is 3.71. The van der Waals surface area contributed by atoms with Gasteiger partial charge in [0.25, 0.3) is 9.05 Å². The van der Waals surface area contributed by atoms with Crippen LogP contribution in [0.5, 0.6) is 0 Å². The highest BCUT2D eigenvalue weighted by Crippen LogP contribution is 2.25. The molecule has 0 unspecified atom stereocenters. The van der Waals surface area contributed by atoms with Gasteiger partial charge in [0, 0.05) is 30.2 Å². The highest BCUT2D eigenvalue weighted by Gasteiger charge is 2.13. The first-order valence-corrected chi connectivity index (χ1v) is 7.07. The zero-order chi connectivity index (χ0) is 12.6. The number of rotatable bonds is 2. The molecule has 0 N–H and O–H groups in total. The van der Waals surface area contributed by atoms with Gasteiger partial charge in [0.2, 0.25) is 0 Å². The maximum atomic E-state index is 11.3. The van der Waals surface area contributed by atoms with Crippen LogP contribution in [0.3, 0.4) is 0 Å². The van der Waals surface area contributed by atoms with E-state index in [0.717, 1.165) is 0 Å². The quantitative estimate of drug-likeness (QED) is 0.777. The van der Waals surface area contributed by atoms with E-state index in [1.165, 1.54) is 18.5 Å². The van der Waals surface area contributed by atoms with Gasteiger partial charge in [-0.15, -0.1) is 0 Å². The highest BCUT2D eigenvalue weighted by atomic mass is 35.7. The lowest BCUT2D eigenvalue weighted by molar-refractivity contribution is 0.609. The lowest BCUT2D eigenvalue weighted by atomic mass is 10.2. The van der Waals surface area contributed by atoms with Crippen LogP contribution in [0.2, 0.25) is 0 Å². The molecule has 7 heteroatoms. The predicted octanol–water partition coefficient (Wildman–Crippen LogP) is 1.62. The van der Waals surface area contributed by atoms with E-state index in [4.69, 9.17) is 10.7 Å². The molecule has 0 saturated heterocycles. The van der Waals surface area contributed by atoms with E-state index in [1.807, 2.05) is 14.1 Å². The molecular formula is C10H10ClN3O2S. The van der Waals surface area contributed by atoms with Crippen LogP contribution in [0, 0.1) is 0 Å². The molecule has 0 saturated carbocycles. The Balaban J connectivity index is 2.79. The number of benzene rings is 1. The Labute approximate surface area is 103 Å². The Morgan fingerprint density at radius 3 is 2.53 bits per heavy atom. The minimum Gasteiger partial charge on any atom is -0.362 e. The molecule has 90 valence electrons. The average Bonchev–Trinajstić information content (AvgIpc) is 2.26. The number of nitrogens with zero attached hydrogens (tertiary/aromatic N) is 3. The summed E-state index contributed by atoms with van der Waals surface area (Å²) in [7, 11) is 5.22. The lowest BCUT2D eigenvalue weighted by Crippen LogP contribution is -2.11. The van der Waals surface area contributed by atoms with E-state index in [9.17, 15) is 8.42 Å². The van der Waals surface area contributed by atoms with Crippen molar-refractivity contribution in [3.8, 4) is 0 Å². The zero-order valence-corrected chi connectivity index (χ0v) is 10.8. The summed E-state index contributed by atoms with van der Waals surface area (Å²) in [6.07, 6.45) is 1.44. The largest absolute Gasteiger partial charge is 0.362 e. The summed E-state index contributed by atoms with van der Waals surface area (Å²) < 4.78 is 22.5. The molecule has 0 fully saturated rings. The molecule has 2 aromatic rings. The molecule has 0 aliphatic carbocycles. The van der Waals surface area contributed by atoms with Gasteiger partial charge < -0.3 is 4.90 Å². The fraction of sp³-hybridized carbons (Fsp3) is 0.200. The van der Waals surface area contributed by atoms with Crippen molar-refractivity contribution in [2.75, 3.05) is 19.0 Å². The van der Waals surface area contributed by atoms with E-state index < -0.39 is 9.05 Å². The molecule has 0 atom stereocenters. The molecule has 0 radical (unpaired) electrons. The smallest absolute Gasteiger partial charge is 0.261 e. The van der Waals surface area contributed by atoms with E-state index in [-0.39, 0.29) is 4.90 Å². The van der Waals surface area contributed by atoms with E-state index in [2.05, 4.69) is 9.97 Å². The summed E-state index contributed by atoms with van der Waals surface area (Å²) in [5.41, 5.74) is 0.674. The molecule has 1 aromatic heterocycles. The topological polar surface area (TPSA) is 63.2 Å². The predicted molar refractivity (Wildman–Crippen MR) is 66.9 cm³/mol. The third kappa shape index (κ3) is 2.32. The van der Waals surface area contributed by atoms with Gasteiger partial charge in [-0.3, -0.25) is 0 Å². The van der Waals surface area contributed by atoms with E-state index in [1.54, 1.807) is 11.0 Å². The fourth-order valence-electron chi connectivity index (χ4n) is 1.53. The van der Waals surface area contributed by atoms with Crippen molar-refractivity contribution in [2.45, 2.75) is 4.90 Å². The molecule has 17 heavy (non-hydrogen) atoms. The van der Waals surface area contributed by atoms with Crippen molar-refractivity contribution >= 4 is 36.5 Å². The van der Waals surface area contributed by atoms with Gasteiger partial charge in [-0.25, -0.2) is 18.4 Å². The average molecular weight is 272 g/mol. The third-order valence-corrected chi connectivity index (χ3v) is 3.64. The minimum absolute atomic E-state index is 0.0459. The summed E-state index contributed by atoms with van der Waals surface area (Å²) in [6.45, 7) is 0. The summed E-state index contributed by atoms with van der Waals surface area (Å²) in [4.78, 5) is 10.0. The first kappa shape index (κ1) is 12.1. The summed E-state index contributed by atoms with van der Waals surface area (Å²) in [6, 6.07) is 4.52. The Kier molecular flexibility index (Phi) is 2.92. The molecule has 5 nitrogen and oxygen atoms in total. The molecule has 2 rings (SSSR count). The van der Waals surface area contributed by atoms with Crippen molar-refractivity contribution in [3.05, 3.63) is 24.5 Å². The summed E-state index contributed by atoms with van der Waals surface area (Å²) >= 11 is 0. The summed E-state index contributed by atoms with van der Waals surface area (Å²) in [5.74, 6) is 0.650. The van der Waals surface area contributed by atoms with Crippen molar-refractivity contribution < 1.29 is 8.42 Å². The van der Waals surface area contributed by atoms with Crippen molar-refractivity contribution in [2.24, 2.45) is 0 Å². The monoisotopic (exact) mass is 271 g/mol. The van der Waals surface area contributed by atoms with Crippen LogP contribution in [0.4, 0.5) is 5.82 Å². The van der Waals surface area contributed by atoms with Crippen LogP contribution < -0.4 is 4.90 Å². The van der Waals surface area contributed by atoms with Crippen molar-refractivity contribution in [1.82, 2.24) is 9.97 Å². The van der Waals surface area contributed by atoms with Gasteiger partial charge in [-0.05, 0) is 18.2 Å². The van der Waals surface area contributed by atoms with Crippen LogP contribution >= 0.6 is 10.7 Å². The molecular weight excluding hydrogens is 262 g/mol. The number of anilines is 1. The highest BCUT2D eigenvalue weighted by molar-refractivity contribution is 8.13. The fourth-order valence-corrected chi connectivity index (χ4v) is 2.31. The molecule has 0 aliphatic rings. The second-order valence-corrected chi connectivity index (χ2v) is 6.27. The number of hydrogen-bond acceptors (Lipinski definition) is 5. The number of hydrogen-bond donors (Lipinski definition) is 0. The van der Waals surface area contributed by atoms with Crippen molar-refractivity contribution in [1.29, 1.82) is 0 Å². The molecule has 1 heterocycles. The maximum absolute atomic E-state index is 11.3. The van der Waals surface area contributed by atoms with Gasteiger partial charge in [0.05, 0.1) is 10.4 Å². The van der Waals surface area contributed by atoms with E-state index >= 15 is 0 Å². The standard InChI is InChI=1S/C10H10ClN3O2S/c1-14(2)10-8-5-7(17(11,15)16)3-4-9(8)12-6-13-10/h3-6H,1-2H3. The van der Waals surface area contributed by atoms with Gasteiger partial charge >= 0.3 is 0 Å². The van der Waals surface area contributed by atoms with Crippen LogP contribution in [0.15, 0.2) is 29.4 Å². The number of fused-ring (bicyclic) bond motifs is 1. The van der Waals surface area contributed by atoms with Gasteiger partial charge in [0.15, 0.2) is 0 Å². The van der Waals surface area contributed by atoms with Gasteiger partial charge in [-0.2, -0.15) is 0 Å². The van der Waals surface area contributed by atoms with Crippen LogP contribution in [-0.2, 0) is 9.05 Å². The van der Waals surface area contributed by atoms with Crippen molar-refractivity contribution in [3.63, 3.8) is 0 Å². The molecule has 0 bridgehead atoms. The zero-order valence-electron chi connectivity index (χ0n) is 9.25. The van der Waals surface area contributed by atoms with Gasteiger partial charge in [-0.1, -0.05) is 0 Å². The Morgan fingerprint density at radius 1 is 1.24 bits per heavy atom. The molecule has 1 aromatic carbocycles. The number of aromatic nitrogens is 2. The maximum Gasteiger partial charge on any atom is 0.261 e. The minimum atomic E-state index is -3.74. The Bertz CT molecular complexity index is 670. The Hall–Kier alpha value is -1.40. The van der Waals surface area contributed by atoms with Gasteiger partial charge in [0.1, 0.15) is 12.1 Å². The van der Waals surface area contributed by atoms with Crippen LogP contribution in [0.25, 0.3) is 10.9 Å². The molecule has 0 amide bonds. The first-order valence-electron chi connectivity index (χ1n) is 4.76. The lowest BCUT2D eigenvalue weighted by Gasteiger charge is -2.13. The van der Waals surface area contributed by atoms with Crippen LogP contribution in [0.1, 0.15) is 0 Å². The first-order chi connectivity index (χ1) is 7.89. The Morgan fingerprint density at radius 2 is 1.94 bits per heavy atom. The molecule has 0 aliphatic heterocycles. The third-order valence-electron chi connectivity index (χ3n) is 2.29. The normalized spacial score (nSPS) is 11.7. The summed E-state index contributed by atoms with van der Waals surface area (Å²) in [5, 5.41) is 0.652.